The Labute approximate surface area is 85.7 Å². The van der Waals surface area contributed by atoms with E-state index in [-0.39, 0.29) is 59.1 Å². The maximum absolute atomic E-state index is 8.97. The molecule has 7 heavy (non-hydrogen) atoms. The molecule has 0 unspecified atom stereocenters. The van der Waals surface area contributed by atoms with Crippen LogP contribution in [0, 0.1) is 0 Å². The van der Waals surface area contributed by atoms with E-state index >= 15 is 0 Å². The molecule has 0 saturated heterocycles. The first-order valence-electron chi connectivity index (χ1n) is 1.05. The van der Waals surface area contributed by atoms with E-state index in [1.165, 1.54) is 0 Å². The van der Waals surface area contributed by atoms with Gasteiger partial charge in [0.1, 0.15) is 0 Å². The van der Waals surface area contributed by atoms with Crippen LogP contribution in [0.2, 0.25) is 0 Å². The molecule has 0 aromatic carbocycles. The van der Waals surface area contributed by atoms with Gasteiger partial charge in [-0.1, -0.05) is 6.61 Å². The number of hydrogen-bond acceptors (Lipinski definition) is 3. The molecule has 0 amide bonds. The zero-order valence-corrected chi connectivity index (χ0v) is 8.43. The average molecular weight is 120 g/mol. The molecule has 5 heteroatoms. The Morgan fingerprint density at radius 3 is 1.57 bits per heavy atom. The van der Waals surface area contributed by atoms with Crippen LogP contribution in [-0.2, 0) is 4.79 Å². The van der Waals surface area contributed by atoms with Gasteiger partial charge in [-0.05, 0) is 0 Å². The Balaban J connectivity index is -0.0000000800. The summed E-state index contributed by atoms with van der Waals surface area (Å²) < 4.78 is 0. The third-order valence-corrected chi connectivity index (χ3v) is 0.118. The molecule has 0 rings (SSSR count). The number of carboxylic acid groups (broad SMARTS) is 1. The van der Waals surface area contributed by atoms with Crippen molar-refractivity contribution >= 4 is 5.97 Å². The van der Waals surface area contributed by atoms with Crippen LogP contribution in [0.5, 0.6) is 0 Å². The van der Waals surface area contributed by atoms with Crippen molar-refractivity contribution in [3.8, 4) is 0 Å². The largest absolute Gasteiger partial charge is 1.00 e. The summed E-state index contributed by atoms with van der Waals surface area (Å²) in [6.45, 7) is -1.14. The zero-order valence-electron chi connectivity index (χ0n) is 4.43. The fourth-order valence-corrected chi connectivity index (χ4v) is 0. The predicted molar refractivity (Wildman–Crippen MR) is 9.87 cm³/mol. The molecule has 3 nitrogen and oxygen atoms in total. The minimum atomic E-state index is -1.55. The van der Waals surface area contributed by atoms with Crippen LogP contribution in [-0.4, -0.2) is 12.6 Å². The Morgan fingerprint density at radius 1 is 1.43 bits per heavy atom. The SMILES string of the molecule is O=C([O-])C[O-].[Na+].[Na+]. The van der Waals surface area contributed by atoms with Crippen LogP contribution >= 0.6 is 0 Å². The van der Waals surface area contributed by atoms with Gasteiger partial charge in [0.2, 0.25) is 0 Å². The first-order valence-corrected chi connectivity index (χ1v) is 1.05. The van der Waals surface area contributed by atoms with E-state index in [2.05, 4.69) is 0 Å². The third-order valence-electron chi connectivity index (χ3n) is 0.118. The van der Waals surface area contributed by atoms with E-state index in [9.17, 15) is 0 Å². The van der Waals surface area contributed by atoms with Gasteiger partial charge in [-0.15, -0.1) is 0 Å². The molecular formula is C2H2Na2O3. The molecule has 0 aliphatic heterocycles. The summed E-state index contributed by atoms with van der Waals surface area (Å²) in [6.07, 6.45) is 0. The van der Waals surface area contributed by atoms with Gasteiger partial charge < -0.3 is 15.0 Å². The molecule has 0 N–H and O–H groups in total. The molecule has 0 saturated carbocycles. The van der Waals surface area contributed by atoms with Crippen molar-refractivity contribution in [1.82, 2.24) is 0 Å². The van der Waals surface area contributed by atoms with Crippen LogP contribution in [0.25, 0.3) is 0 Å². The summed E-state index contributed by atoms with van der Waals surface area (Å²) in [4.78, 5) is 8.94. The maximum atomic E-state index is 8.97. The number of carboxylic acids is 1. The molecule has 0 bridgehead atoms. The summed E-state index contributed by atoms with van der Waals surface area (Å²) in [5, 5.41) is 17.9. The summed E-state index contributed by atoms with van der Waals surface area (Å²) in [5.74, 6) is -1.55. The fraction of sp³-hybridized carbons (Fsp3) is 0.500. The predicted octanol–water partition coefficient (Wildman–Crippen LogP) is -8.90. The van der Waals surface area contributed by atoms with Crippen LogP contribution < -0.4 is 69.3 Å². The molecule has 0 aliphatic rings. The van der Waals surface area contributed by atoms with Gasteiger partial charge in [0, 0.05) is 5.97 Å². The topological polar surface area (TPSA) is 63.2 Å². The van der Waals surface area contributed by atoms with E-state index in [4.69, 9.17) is 15.0 Å². The van der Waals surface area contributed by atoms with Gasteiger partial charge in [-0.2, -0.15) is 0 Å². The second-order valence-corrected chi connectivity index (χ2v) is 0.516. The molecular weight excluding hydrogens is 118 g/mol. The number of carbonyl (C=O) groups is 1. The van der Waals surface area contributed by atoms with Crippen molar-refractivity contribution in [1.29, 1.82) is 0 Å². The van der Waals surface area contributed by atoms with Crippen LogP contribution in [0.15, 0.2) is 0 Å². The van der Waals surface area contributed by atoms with Crippen LogP contribution in [0.4, 0.5) is 0 Å². The average Bonchev–Trinajstić information content (AvgIpc) is 1.38. The van der Waals surface area contributed by atoms with Gasteiger partial charge in [-0.25, -0.2) is 0 Å². The molecule has 0 aromatic heterocycles. The number of aliphatic carboxylic acids is 1. The molecule has 0 radical (unpaired) electrons. The maximum Gasteiger partial charge on any atom is 1.00 e. The van der Waals surface area contributed by atoms with E-state index in [0.29, 0.717) is 0 Å². The van der Waals surface area contributed by atoms with Crippen molar-refractivity contribution in [3.05, 3.63) is 0 Å². The fourth-order valence-electron chi connectivity index (χ4n) is 0. The van der Waals surface area contributed by atoms with Gasteiger partial charge in [-0.3, -0.25) is 0 Å². The van der Waals surface area contributed by atoms with Gasteiger partial charge in [0.05, 0.1) is 0 Å². The van der Waals surface area contributed by atoms with Crippen LogP contribution in [0.3, 0.4) is 0 Å². The molecule has 0 heterocycles. The summed E-state index contributed by atoms with van der Waals surface area (Å²) in [5.41, 5.74) is 0. The Bertz CT molecular complexity index is 46.2. The molecule has 0 atom stereocenters. The second kappa shape index (κ2) is 10.4. The quantitative estimate of drug-likeness (QED) is 0.323. The van der Waals surface area contributed by atoms with E-state index in [1.807, 2.05) is 0 Å². The second-order valence-electron chi connectivity index (χ2n) is 0.516. The smallest absolute Gasteiger partial charge is 0.850 e. The molecule has 0 spiro atoms. The normalized spacial score (nSPS) is 5.29. The number of carbonyl (C=O) groups excluding carboxylic acids is 1. The van der Waals surface area contributed by atoms with Crippen molar-refractivity contribution in [2.75, 3.05) is 6.61 Å². The van der Waals surface area contributed by atoms with Crippen molar-refractivity contribution in [3.63, 3.8) is 0 Å². The van der Waals surface area contributed by atoms with Gasteiger partial charge in [0.25, 0.3) is 0 Å². The standard InChI is InChI=1S/C2H3O3.2Na/c3-1-2(4)5;;/h1H2,(H,4,5);;/q-1;2*+1/p-1. The molecule has 30 valence electrons. The van der Waals surface area contributed by atoms with Gasteiger partial charge >= 0.3 is 59.1 Å². The first-order chi connectivity index (χ1) is 2.27. The number of hydrogen-bond donors (Lipinski definition) is 0. The first kappa shape index (κ1) is 15.8. The van der Waals surface area contributed by atoms with Crippen LogP contribution in [0.1, 0.15) is 0 Å². The molecule has 0 fully saturated rings. The Hall–Kier alpha value is 1.43. The van der Waals surface area contributed by atoms with E-state index in [1.54, 1.807) is 0 Å². The Morgan fingerprint density at radius 2 is 1.57 bits per heavy atom. The van der Waals surface area contributed by atoms with Gasteiger partial charge in [0.15, 0.2) is 0 Å². The summed E-state index contributed by atoms with van der Waals surface area (Å²) >= 11 is 0. The minimum absolute atomic E-state index is 0. The van der Waals surface area contributed by atoms with Crippen molar-refractivity contribution in [2.45, 2.75) is 0 Å². The zero-order chi connectivity index (χ0) is 4.28. The van der Waals surface area contributed by atoms with E-state index < -0.39 is 12.6 Å². The van der Waals surface area contributed by atoms with E-state index in [0.717, 1.165) is 0 Å². The molecule has 0 aliphatic carbocycles. The Kier molecular flexibility index (Phi) is 23.5. The summed E-state index contributed by atoms with van der Waals surface area (Å²) in [7, 11) is 0. The summed E-state index contributed by atoms with van der Waals surface area (Å²) in [6, 6.07) is 0. The minimum Gasteiger partial charge on any atom is -0.850 e. The molecule has 0 aromatic rings. The third kappa shape index (κ3) is 18.6. The number of rotatable bonds is 1. The van der Waals surface area contributed by atoms with Crippen molar-refractivity contribution < 1.29 is 74.1 Å². The monoisotopic (exact) mass is 120 g/mol. The van der Waals surface area contributed by atoms with Crippen molar-refractivity contribution in [2.24, 2.45) is 0 Å².